The molecule has 0 saturated carbocycles. The van der Waals surface area contributed by atoms with Crippen LogP contribution in [0.3, 0.4) is 0 Å². The summed E-state index contributed by atoms with van der Waals surface area (Å²) in [6.45, 7) is 17.0. The second kappa shape index (κ2) is 11.1. The van der Waals surface area contributed by atoms with Gasteiger partial charge in [-0.1, -0.05) is 0 Å². The van der Waals surface area contributed by atoms with Gasteiger partial charge in [-0.25, -0.2) is 0 Å². The van der Waals surface area contributed by atoms with Gasteiger partial charge >= 0.3 is 0 Å². The summed E-state index contributed by atoms with van der Waals surface area (Å²) in [7, 11) is 0. The van der Waals surface area contributed by atoms with Gasteiger partial charge in [-0.05, 0) is 33.6 Å². The lowest BCUT2D eigenvalue weighted by molar-refractivity contribution is -0.131. The molecule has 0 spiro atoms. The van der Waals surface area contributed by atoms with Gasteiger partial charge in [-0.2, -0.15) is 0 Å². The van der Waals surface area contributed by atoms with E-state index < -0.39 is 0 Å². The first-order valence-electron chi connectivity index (χ1n) is 11.5. The molecule has 0 bridgehead atoms. The minimum absolute atomic E-state index is 0.296. The van der Waals surface area contributed by atoms with Crippen LogP contribution < -0.4 is 5.32 Å². The van der Waals surface area contributed by atoms with Crippen molar-refractivity contribution >= 4 is 11.9 Å². The van der Waals surface area contributed by atoms with Crippen molar-refractivity contribution in [2.24, 2.45) is 4.99 Å². The summed E-state index contributed by atoms with van der Waals surface area (Å²) in [5.41, 5.74) is 0. The van der Waals surface area contributed by atoms with E-state index in [4.69, 9.17) is 9.73 Å². The predicted octanol–water partition coefficient (Wildman–Crippen LogP) is 0.301. The van der Waals surface area contributed by atoms with E-state index in [2.05, 4.69) is 40.8 Å². The second-order valence-corrected chi connectivity index (χ2v) is 8.56. The highest BCUT2D eigenvalue weighted by Crippen LogP contribution is 2.12. The Morgan fingerprint density at radius 1 is 1.10 bits per heavy atom. The first-order chi connectivity index (χ1) is 14.1. The van der Waals surface area contributed by atoms with Gasteiger partial charge in [0.2, 0.25) is 5.91 Å². The minimum atomic E-state index is 0.296. The van der Waals surface area contributed by atoms with Crippen LogP contribution >= 0.6 is 0 Å². The number of piperazine rings is 1. The molecule has 2 atom stereocenters. The lowest BCUT2D eigenvalue weighted by Crippen LogP contribution is -2.54. The summed E-state index contributed by atoms with van der Waals surface area (Å²) < 4.78 is 5.56. The Bertz CT molecular complexity index is 543. The molecule has 3 heterocycles. The topological polar surface area (TPSA) is 63.7 Å². The minimum Gasteiger partial charge on any atom is -0.379 e. The zero-order valence-corrected chi connectivity index (χ0v) is 18.6. The zero-order valence-electron chi connectivity index (χ0n) is 18.6. The third kappa shape index (κ3) is 6.30. The van der Waals surface area contributed by atoms with Crippen molar-refractivity contribution in [3.63, 3.8) is 0 Å². The summed E-state index contributed by atoms with van der Waals surface area (Å²) in [6, 6.07) is 0.857. The molecule has 3 saturated heterocycles. The van der Waals surface area contributed by atoms with Crippen LogP contribution in [-0.4, -0.2) is 122 Å². The molecule has 0 aromatic rings. The Morgan fingerprint density at radius 2 is 1.83 bits per heavy atom. The van der Waals surface area contributed by atoms with Crippen molar-refractivity contribution < 1.29 is 9.53 Å². The van der Waals surface area contributed by atoms with Crippen molar-refractivity contribution in [3.8, 4) is 0 Å². The summed E-state index contributed by atoms with van der Waals surface area (Å²) in [5, 5.41) is 3.46. The Labute approximate surface area is 176 Å². The van der Waals surface area contributed by atoms with E-state index in [-0.39, 0.29) is 0 Å². The van der Waals surface area contributed by atoms with Crippen LogP contribution in [0, 0.1) is 0 Å². The number of amides is 1. The van der Waals surface area contributed by atoms with Gasteiger partial charge in [0.1, 0.15) is 0 Å². The SMILES string of the molecule is CCNC(=NCC(C)N1CCOCC1C)N1CCN(CC(=O)N2CCCC2)CC1. The van der Waals surface area contributed by atoms with Crippen molar-refractivity contribution in [2.75, 3.05) is 78.7 Å². The second-order valence-electron chi connectivity index (χ2n) is 8.56. The normalized spacial score (nSPS) is 26.0. The number of nitrogens with one attached hydrogen (secondary N) is 1. The molecular formula is C21H40N6O2. The number of nitrogens with zero attached hydrogens (tertiary/aromatic N) is 5. The average molecular weight is 409 g/mol. The number of ether oxygens (including phenoxy) is 1. The fourth-order valence-electron chi connectivity index (χ4n) is 4.52. The molecule has 1 N–H and O–H groups in total. The Morgan fingerprint density at radius 3 is 2.48 bits per heavy atom. The highest BCUT2D eigenvalue weighted by atomic mass is 16.5. The highest BCUT2D eigenvalue weighted by molar-refractivity contribution is 5.80. The highest BCUT2D eigenvalue weighted by Gasteiger charge is 2.26. The lowest BCUT2D eigenvalue weighted by Gasteiger charge is -2.38. The van der Waals surface area contributed by atoms with E-state index in [1.165, 1.54) is 0 Å². The number of carbonyl (C=O) groups is 1. The van der Waals surface area contributed by atoms with E-state index in [9.17, 15) is 4.79 Å². The zero-order chi connectivity index (χ0) is 20.6. The first-order valence-corrected chi connectivity index (χ1v) is 11.5. The van der Waals surface area contributed by atoms with E-state index in [1.807, 2.05) is 4.90 Å². The lowest BCUT2D eigenvalue weighted by atomic mass is 10.2. The first kappa shape index (κ1) is 22.3. The van der Waals surface area contributed by atoms with Gasteiger partial charge in [0.05, 0.1) is 26.3 Å². The molecule has 8 heteroatoms. The molecule has 0 radical (unpaired) electrons. The molecule has 8 nitrogen and oxygen atoms in total. The van der Waals surface area contributed by atoms with Crippen LogP contribution in [0.4, 0.5) is 0 Å². The number of hydrogen-bond donors (Lipinski definition) is 1. The van der Waals surface area contributed by atoms with E-state index in [0.29, 0.717) is 24.5 Å². The van der Waals surface area contributed by atoms with Gasteiger partial charge in [0, 0.05) is 64.4 Å². The predicted molar refractivity (Wildman–Crippen MR) is 116 cm³/mol. The van der Waals surface area contributed by atoms with Gasteiger partial charge in [-0.3, -0.25) is 19.6 Å². The molecule has 0 aromatic carbocycles. The number of rotatable bonds is 6. The van der Waals surface area contributed by atoms with Crippen LogP contribution in [0.2, 0.25) is 0 Å². The molecule has 0 aromatic heterocycles. The Kier molecular flexibility index (Phi) is 8.56. The molecule has 2 unspecified atom stereocenters. The van der Waals surface area contributed by atoms with Crippen molar-refractivity contribution in [2.45, 2.75) is 45.7 Å². The largest absolute Gasteiger partial charge is 0.379 e. The number of guanidine groups is 1. The number of morpholine rings is 1. The van der Waals surface area contributed by atoms with E-state index in [0.717, 1.165) is 90.9 Å². The maximum Gasteiger partial charge on any atom is 0.236 e. The van der Waals surface area contributed by atoms with Crippen LogP contribution in [0.5, 0.6) is 0 Å². The van der Waals surface area contributed by atoms with Gasteiger partial charge in [0.25, 0.3) is 0 Å². The van der Waals surface area contributed by atoms with Crippen LogP contribution in [-0.2, 0) is 9.53 Å². The van der Waals surface area contributed by atoms with Crippen LogP contribution in [0.25, 0.3) is 0 Å². The molecule has 3 rings (SSSR count). The molecule has 3 fully saturated rings. The van der Waals surface area contributed by atoms with Crippen molar-refractivity contribution in [1.82, 2.24) is 24.9 Å². The third-order valence-electron chi connectivity index (χ3n) is 6.31. The maximum atomic E-state index is 12.4. The molecule has 1 amide bonds. The maximum absolute atomic E-state index is 12.4. The molecule has 3 aliphatic heterocycles. The van der Waals surface area contributed by atoms with Crippen molar-refractivity contribution in [3.05, 3.63) is 0 Å². The molecule has 0 aliphatic carbocycles. The van der Waals surface area contributed by atoms with E-state index in [1.54, 1.807) is 0 Å². The molecular weight excluding hydrogens is 368 g/mol. The van der Waals surface area contributed by atoms with Gasteiger partial charge < -0.3 is 19.9 Å². The number of carbonyl (C=O) groups excluding carboxylic acids is 1. The van der Waals surface area contributed by atoms with Gasteiger partial charge in [-0.15, -0.1) is 0 Å². The third-order valence-corrected chi connectivity index (χ3v) is 6.31. The summed E-state index contributed by atoms with van der Waals surface area (Å²) in [4.78, 5) is 26.5. The average Bonchev–Trinajstić information content (AvgIpc) is 3.27. The Balaban J connectivity index is 1.47. The standard InChI is InChI=1S/C21H40N6O2/c1-4-22-21(23-15-18(2)27-13-14-29-17-19(27)3)26-11-9-24(10-12-26)16-20(28)25-7-5-6-8-25/h18-19H,4-17H2,1-3H3,(H,22,23). The fourth-order valence-corrected chi connectivity index (χ4v) is 4.52. The number of likely N-dealkylation sites (tertiary alicyclic amines) is 1. The van der Waals surface area contributed by atoms with Crippen LogP contribution in [0.1, 0.15) is 33.6 Å². The smallest absolute Gasteiger partial charge is 0.236 e. The van der Waals surface area contributed by atoms with Gasteiger partial charge in [0.15, 0.2) is 5.96 Å². The fraction of sp³-hybridized carbons (Fsp3) is 0.905. The van der Waals surface area contributed by atoms with Crippen molar-refractivity contribution in [1.29, 1.82) is 0 Å². The molecule has 29 heavy (non-hydrogen) atoms. The monoisotopic (exact) mass is 408 g/mol. The summed E-state index contributed by atoms with van der Waals surface area (Å²) in [6.07, 6.45) is 2.31. The number of aliphatic imine (C=N–C) groups is 1. The van der Waals surface area contributed by atoms with Crippen LogP contribution in [0.15, 0.2) is 4.99 Å². The van der Waals surface area contributed by atoms with E-state index >= 15 is 0 Å². The quantitative estimate of drug-likeness (QED) is 0.504. The number of hydrogen-bond acceptors (Lipinski definition) is 5. The summed E-state index contributed by atoms with van der Waals surface area (Å²) in [5.74, 6) is 1.30. The molecule has 3 aliphatic rings. The molecule has 166 valence electrons. The summed E-state index contributed by atoms with van der Waals surface area (Å²) >= 11 is 0. The Hall–Kier alpha value is -1.38.